The lowest BCUT2D eigenvalue weighted by molar-refractivity contribution is -0.138. The SMILES string of the molecule is CNC(=O)C(C)N(Cc1ccc(F)cc1)C(=O)CSCc1c(Cl)cccc1Cl. The van der Waals surface area contributed by atoms with Gasteiger partial charge in [-0.25, -0.2) is 4.39 Å². The zero-order valence-electron chi connectivity index (χ0n) is 15.5. The van der Waals surface area contributed by atoms with E-state index in [9.17, 15) is 14.0 Å². The van der Waals surface area contributed by atoms with Gasteiger partial charge in [0.2, 0.25) is 11.8 Å². The number of thioether (sulfide) groups is 1. The van der Waals surface area contributed by atoms with Gasteiger partial charge in [0.05, 0.1) is 5.75 Å². The second-order valence-electron chi connectivity index (χ2n) is 6.13. The van der Waals surface area contributed by atoms with Gasteiger partial charge in [0.15, 0.2) is 0 Å². The summed E-state index contributed by atoms with van der Waals surface area (Å²) in [5.74, 6) is -0.191. The predicted molar refractivity (Wildman–Crippen MR) is 113 cm³/mol. The number of hydrogen-bond donors (Lipinski definition) is 1. The van der Waals surface area contributed by atoms with Crippen LogP contribution >= 0.6 is 35.0 Å². The lowest BCUT2D eigenvalue weighted by atomic mass is 10.1. The van der Waals surface area contributed by atoms with Gasteiger partial charge in [-0.15, -0.1) is 11.8 Å². The van der Waals surface area contributed by atoms with Crippen LogP contribution in [0.15, 0.2) is 42.5 Å². The number of likely N-dealkylation sites (N-methyl/N-ethyl adjacent to an activating group) is 1. The summed E-state index contributed by atoms with van der Waals surface area (Å²) in [6.07, 6.45) is 0. The van der Waals surface area contributed by atoms with E-state index in [1.807, 2.05) is 0 Å². The van der Waals surface area contributed by atoms with Crippen LogP contribution in [0.1, 0.15) is 18.1 Å². The highest BCUT2D eigenvalue weighted by atomic mass is 35.5. The Morgan fingerprint density at radius 3 is 2.32 bits per heavy atom. The fraction of sp³-hybridized carbons (Fsp3) is 0.300. The number of amides is 2. The molecular weight excluding hydrogens is 422 g/mol. The monoisotopic (exact) mass is 442 g/mol. The van der Waals surface area contributed by atoms with Crippen LogP contribution in [0.5, 0.6) is 0 Å². The van der Waals surface area contributed by atoms with Gasteiger partial charge in [-0.3, -0.25) is 9.59 Å². The third-order valence-electron chi connectivity index (χ3n) is 4.21. The highest BCUT2D eigenvalue weighted by Crippen LogP contribution is 2.28. The number of carbonyl (C=O) groups is 2. The molecule has 0 aliphatic carbocycles. The second kappa shape index (κ2) is 10.7. The molecule has 0 radical (unpaired) electrons. The Balaban J connectivity index is 2.07. The Bertz CT molecular complexity index is 813. The minimum Gasteiger partial charge on any atom is -0.357 e. The standard InChI is InChI=1S/C20H21Cl2FN2O2S/c1-13(20(27)24-2)25(10-14-6-8-15(23)9-7-14)19(26)12-28-11-16-17(21)4-3-5-18(16)22/h3-9,13H,10-12H2,1-2H3,(H,24,27). The lowest BCUT2D eigenvalue weighted by Crippen LogP contribution is -2.47. The molecule has 0 aromatic heterocycles. The van der Waals surface area contributed by atoms with Crippen molar-refractivity contribution >= 4 is 46.8 Å². The highest BCUT2D eigenvalue weighted by Gasteiger charge is 2.25. The first kappa shape index (κ1) is 22.5. The van der Waals surface area contributed by atoms with E-state index in [1.165, 1.54) is 35.8 Å². The molecular formula is C20H21Cl2FN2O2S. The second-order valence-corrected chi connectivity index (χ2v) is 7.93. The number of hydrogen-bond acceptors (Lipinski definition) is 3. The molecule has 2 rings (SSSR count). The first-order valence-electron chi connectivity index (χ1n) is 8.59. The molecule has 0 aliphatic heterocycles. The van der Waals surface area contributed by atoms with Crippen LogP contribution in [0.3, 0.4) is 0 Å². The van der Waals surface area contributed by atoms with Crippen molar-refractivity contribution in [1.29, 1.82) is 0 Å². The average molecular weight is 443 g/mol. The molecule has 2 aromatic carbocycles. The van der Waals surface area contributed by atoms with E-state index in [0.29, 0.717) is 15.8 Å². The number of nitrogens with one attached hydrogen (secondary N) is 1. The van der Waals surface area contributed by atoms with Crippen LogP contribution < -0.4 is 5.32 Å². The van der Waals surface area contributed by atoms with Crippen LogP contribution in [0.25, 0.3) is 0 Å². The summed E-state index contributed by atoms with van der Waals surface area (Å²) in [7, 11) is 1.52. The summed E-state index contributed by atoms with van der Waals surface area (Å²) in [6.45, 7) is 1.87. The summed E-state index contributed by atoms with van der Waals surface area (Å²) in [5.41, 5.74) is 1.51. The molecule has 0 bridgehead atoms. The molecule has 1 N–H and O–H groups in total. The number of benzene rings is 2. The van der Waals surface area contributed by atoms with E-state index in [-0.39, 0.29) is 29.9 Å². The predicted octanol–water partition coefficient (Wildman–Crippen LogP) is 4.53. The van der Waals surface area contributed by atoms with Crippen LogP contribution in [0, 0.1) is 5.82 Å². The molecule has 4 nitrogen and oxygen atoms in total. The maximum absolute atomic E-state index is 13.1. The van der Waals surface area contributed by atoms with Crippen molar-refractivity contribution in [1.82, 2.24) is 10.2 Å². The average Bonchev–Trinajstić information content (AvgIpc) is 2.68. The molecule has 0 spiro atoms. The fourth-order valence-corrected chi connectivity index (χ4v) is 4.22. The minimum absolute atomic E-state index is 0.157. The third kappa shape index (κ3) is 6.12. The molecule has 2 aromatic rings. The topological polar surface area (TPSA) is 49.4 Å². The van der Waals surface area contributed by atoms with Crippen molar-refractivity contribution in [3.05, 3.63) is 69.5 Å². The Morgan fingerprint density at radius 2 is 1.75 bits per heavy atom. The maximum Gasteiger partial charge on any atom is 0.242 e. The molecule has 0 saturated carbocycles. The smallest absolute Gasteiger partial charge is 0.242 e. The van der Waals surface area contributed by atoms with E-state index in [0.717, 1.165) is 11.1 Å². The van der Waals surface area contributed by atoms with Gasteiger partial charge in [0.25, 0.3) is 0 Å². The van der Waals surface area contributed by atoms with Crippen LogP contribution in [-0.4, -0.2) is 35.6 Å². The van der Waals surface area contributed by atoms with E-state index >= 15 is 0 Å². The van der Waals surface area contributed by atoms with Crippen LogP contribution in [0.2, 0.25) is 10.0 Å². The Labute approximate surface area is 178 Å². The lowest BCUT2D eigenvalue weighted by Gasteiger charge is -2.28. The molecule has 0 aliphatic rings. The molecule has 0 saturated heterocycles. The normalized spacial score (nSPS) is 11.8. The Morgan fingerprint density at radius 1 is 1.14 bits per heavy atom. The quantitative estimate of drug-likeness (QED) is 0.653. The highest BCUT2D eigenvalue weighted by molar-refractivity contribution is 7.99. The zero-order chi connectivity index (χ0) is 20.7. The molecule has 1 atom stereocenters. The van der Waals surface area contributed by atoms with Crippen molar-refractivity contribution in [2.45, 2.75) is 25.3 Å². The molecule has 0 heterocycles. The van der Waals surface area contributed by atoms with Gasteiger partial charge < -0.3 is 10.2 Å². The van der Waals surface area contributed by atoms with Crippen LogP contribution in [-0.2, 0) is 21.9 Å². The van der Waals surface area contributed by atoms with E-state index in [4.69, 9.17) is 23.2 Å². The summed E-state index contributed by atoms with van der Waals surface area (Å²) < 4.78 is 13.1. The summed E-state index contributed by atoms with van der Waals surface area (Å²) in [5, 5.41) is 3.66. The number of nitrogens with zero attached hydrogens (tertiary/aromatic N) is 1. The van der Waals surface area contributed by atoms with Crippen molar-refractivity contribution < 1.29 is 14.0 Å². The van der Waals surface area contributed by atoms with Crippen molar-refractivity contribution in [3.8, 4) is 0 Å². The fourth-order valence-electron chi connectivity index (χ4n) is 2.57. The van der Waals surface area contributed by atoms with E-state index in [2.05, 4.69) is 5.32 Å². The van der Waals surface area contributed by atoms with Crippen LogP contribution in [0.4, 0.5) is 4.39 Å². The Hall–Kier alpha value is -1.76. The van der Waals surface area contributed by atoms with Gasteiger partial charge in [-0.1, -0.05) is 41.4 Å². The van der Waals surface area contributed by atoms with Gasteiger partial charge in [0.1, 0.15) is 11.9 Å². The minimum atomic E-state index is -0.660. The number of halogens is 3. The molecule has 1 unspecified atom stereocenters. The molecule has 28 heavy (non-hydrogen) atoms. The first-order chi connectivity index (χ1) is 13.3. The molecule has 2 amide bonds. The van der Waals surface area contributed by atoms with Gasteiger partial charge in [-0.05, 0) is 42.3 Å². The third-order valence-corrected chi connectivity index (χ3v) is 5.87. The van der Waals surface area contributed by atoms with Crippen molar-refractivity contribution in [2.75, 3.05) is 12.8 Å². The summed E-state index contributed by atoms with van der Waals surface area (Å²) >= 11 is 13.7. The largest absolute Gasteiger partial charge is 0.357 e. The molecule has 8 heteroatoms. The van der Waals surface area contributed by atoms with Gasteiger partial charge in [0, 0.05) is 29.4 Å². The van der Waals surface area contributed by atoms with Crippen molar-refractivity contribution in [2.24, 2.45) is 0 Å². The number of rotatable bonds is 8. The summed E-state index contributed by atoms with van der Waals surface area (Å²) in [4.78, 5) is 26.4. The van der Waals surface area contributed by atoms with Gasteiger partial charge in [-0.2, -0.15) is 0 Å². The molecule has 150 valence electrons. The van der Waals surface area contributed by atoms with Crippen molar-refractivity contribution in [3.63, 3.8) is 0 Å². The Kier molecular flexibility index (Phi) is 8.60. The molecule has 0 fully saturated rings. The summed E-state index contributed by atoms with van der Waals surface area (Å²) in [6, 6.07) is 10.5. The van der Waals surface area contributed by atoms with E-state index < -0.39 is 6.04 Å². The first-order valence-corrected chi connectivity index (χ1v) is 10.5. The zero-order valence-corrected chi connectivity index (χ0v) is 17.9. The number of carbonyl (C=O) groups excluding carboxylic acids is 2. The maximum atomic E-state index is 13.1. The van der Waals surface area contributed by atoms with Gasteiger partial charge >= 0.3 is 0 Å². The van der Waals surface area contributed by atoms with E-state index in [1.54, 1.807) is 37.3 Å².